The maximum atomic E-state index is 10.3. The van der Waals surface area contributed by atoms with Crippen molar-refractivity contribution in [2.45, 2.75) is 0 Å². The maximum Gasteiger partial charge on any atom is 3.00 e. The van der Waals surface area contributed by atoms with E-state index in [1.54, 1.807) is 0 Å². The summed E-state index contributed by atoms with van der Waals surface area (Å²) in [6.07, 6.45) is 0. The molecule has 0 aliphatic heterocycles. The Labute approximate surface area is 120 Å². The molecule has 0 fully saturated rings. The molecule has 1 aromatic heterocycles. The number of rotatable bonds is 2. The van der Waals surface area contributed by atoms with E-state index in [2.05, 4.69) is 4.98 Å². The van der Waals surface area contributed by atoms with Gasteiger partial charge in [-0.2, -0.15) is 0 Å². The van der Waals surface area contributed by atoms with E-state index in [-0.39, 0.29) is 65.7 Å². The van der Waals surface area contributed by atoms with E-state index in [1.807, 2.05) is 0 Å². The Morgan fingerprint density at radius 1 is 0.938 bits per heavy atom. The molecule has 1 radical (unpaired) electrons. The first kappa shape index (κ1) is 24.6. The number of halogens is 3. The van der Waals surface area contributed by atoms with E-state index in [9.17, 15) is 9.59 Å². The van der Waals surface area contributed by atoms with Crippen LogP contribution in [-0.4, -0.2) is 27.1 Å². The normalized spacial score (nSPS) is 7.00. The number of hydrogen-bond acceptors (Lipinski definition) is 3. The van der Waals surface area contributed by atoms with E-state index in [1.165, 1.54) is 18.2 Å². The van der Waals surface area contributed by atoms with E-state index in [4.69, 9.17) is 10.2 Å². The first-order valence-electron chi connectivity index (χ1n) is 3.05. The number of carboxylic acids is 2. The van der Waals surface area contributed by atoms with Crippen molar-refractivity contribution in [1.29, 1.82) is 0 Å². The molecule has 0 atom stereocenters. The van der Waals surface area contributed by atoms with Gasteiger partial charge in [0.2, 0.25) is 0 Å². The third-order valence-electron chi connectivity index (χ3n) is 1.19. The van der Waals surface area contributed by atoms with Gasteiger partial charge in [0.15, 0.2) is 0 Å². The molecular weight excluding hydrogens is 324 g/mol. The largest absolute Gasteiger partial charge is 3.00 e. The predicted octanol–water partition coefficient (Wildman–Crippen LogP) is -8.51. The number of nitrogens with zero attached hydrogens (tertiary/aromatic N) is 1. The first-order chi connectivity index (χ1) is 5.61. The van der Waals surface area contributed by atoms with Gasteiger partial charge in [0.05, 0.1) is 0 Å². The summed E-state index contributed by atoms with van der Waals surface area (Å²) in [5.74, 6) is -2.48. The minimum atomic E-state index is -1.24. The summed E-state index contributed by atoms with van der Waals surface area (Å²) in [7, 11) is 0. The third-order valence-corrected chi connectivity index (χ3v) is 1.19. The fourth-order valence-corrected chi connectivity index (χ4v) is 0.673. The molecule has 16 heavy (non-hydrogen) atoms. The maximum absolute atomic E-state index is 10.3. The van der Waals surface area contributed by atoms with Crippen molar-refractivity contribution in [3.8, 4) is 0 Å². The number of pyridine rings is 1. The molecular formula is C7H5Cl3FeNO4. The smallest absolute Gasteiger partial charge is 1.00 e. The quantitative estimate of drug-likeness (QED) is 0.526. The minimum Gasteiger partial charge on any atom is -1.00 e. The van der Waals surface area contributed by atoms with E-state index in [0.717, 1.165) is 0 Å². The van der Waals surface area contributed by atoms with Gasteiger partial charge in [0.25, 0.3) is 0 Å². The van der Waals surface area contributed by atoms with Crippen molar-refractivity contribution in [2.24, 2.45) is 0 Å². The van der Waals surface area contributed by atoms with Crippen LogP contribution >= 0.6 is 0 Å². The zero-order valence-electron chi connectivity index (χ0n) is 7.38. The average molecular weight is 329 g/mol. The molecule has 1 heterocycles. The van der Waals surface area contributed by atoms with Gasteiger partial charge in [-0.05, 0) is 12.1 Å². The Morgan fingerprint density at radius 3 is 1.50 bits per heavy atom. The summed E-state index contributed by atoms with van der Waals surface area (Å²) in [4.78, 5) is 24.0. The van der Waals surface area contributed by atoms with Gasteiger partial charge < -0.3 is 47.4 Å². The Hall–Kier alpha value is -0.521. The minimum absolute atomic E-state index is 0. The van der Waals surface area contributed by atoms with Crippen molar-refractivity contribution in [2.75, 3.05) is 0 Å². The molecule has 91 valence electrons. The Kier molecular flexibility index (Phi) is 16.9. The molecule has 2 N–H and O–H groups in total. The molecule has 0 unspecified atom stereocenters. The van der Waals surface area contributed by atoms with Crippen LogP contribution in [0.15, 0.2) is 18.2 Å². The summed E-state index contributed by atoms with van der Waals surface area (Å²) >= 11 is 0. The number of aromatic carboxylic acids is 2. The number of aromatic nitrogens is 1. The monoisotopic (exact) mass is 328 g/mol. The first-order valence-corrected chi connectivity index (χ1v) is 3.05. The second-order valence-electron chi connectivity index (χ2n) is 2.02. The summed E-state index contributed by atoms with van der Waals surface area (Å²) in [6, 6.07) is 3.80. The summed E-state index contributed by atoms with van der Waals surface area (Å²) in [5.41, 5.74) is -0.537. The van der Waals surface area contributed by atoms with Gasteiger partial charge in [-0.15, -0.1) is 0 Å². The third kappa shape index (κ3) is 6.87. The summed E-state index contributed by atoms with van der Waals surface area (Å²) in [6.45, 7) is 0. The van der Waals surface area contributed by atoms with Gasteiger partial charge in [-0.25, -0.2) is 14.6 Å². The van der Waals surface area contributed by atoms with Gasteiger partial charge in [0.1, 0.15) is 11.4 Å². The molecule has 1 rings (SSSR count). The second-order valence-corrected chi connectivity index (χ2v) is 2.02. The number of hydrogen-bond donors (Lipinski definition) is 2. The van der Waals surface area contributed by atoms with Crippen LogP contribution in [0.25, 0.3) is 0 Å². The van der Waals surface area contributed by atoms with Gasteiger partial charge in [-0.1, -0.05) is 6.07 Å². The molecule has 0 aliphatic rings. The van der Waals surface area contributed by atoms with Crippen molar-refractivity contribution in [3.63, 3.8) is 0 Å². The number of carbonyl (C=O) groups is 2. The molecule has 0 amide bonds. The molecule has 0 saturated heterocycles. The molecule has 5 nitrogen and oxygen atoms in total. The predicted molar refractivity (Wildman–Crippen MR) is 38.2 cm³/mol. The Balaban J connectivity index is -0.000000180. The van der Waals surface area contributed by atoms with E-state index >= 15 is 0 Å². The Bertz CT molecular complexity index is 321. The Morgan fingerprint density at radius 2 is 1.25 bits per heavy atom. The van der Waals surface area contributed by atoms with Crippen LogP contribution in [0.1, 0.15) is 21.0 Å². The summed E-state index contributed by atoms with van der Waals surface area (Å²) < 4.78 is 0. The zero-order chi connectivity index (χ0) is 9.14. The molecule has 9 heteroatoms. The fourth-order valence-electron chi connectivity index (χ4n) is 0.673. The van der Waals surface area contributed by atoms with E-state index in [0.29, 0.717) is 0 Å². The van der Waals surface area contributed by atoms with Gasteiger partial charge in [-0.3, -0.25) is 0 Å². The van der Waals surface area contributed by atoms with Crippen LogP contribution in [0.4, 0.5) is 0 Å². The van der Waals surface area contributed by atoms with Crippen LogP contribution in [-0.2, 0) is 17.1 Å². The van der Waals surface area contributed by atoms with E-state index < -0.39 is 11.9 Å². The van der Waals surface area contributed by atoms with Crippen molar-refractivity contribution < 1.29 is 74.1 Å². The average Bonchev–Trinajstić information content (AvgIpc) is 2.04. The van der Waals surface area contributed by atoms with Crippen LogP contribution < -0.4 is 37.2 Å². The zero-order valence-corrected chi connectivity index (χ0v) is 10.7. The summed E-state index contributed by atoms with van der Waals surface area (Å²) in [5, 5.41) is 16.9. The van der Waals surface area contributed by atoms with Crippen molar-refractivity contribution in [1.82, 2.24) is 4.98 Å². The van der Waals surface area contributed by atoms with Crippen LogP contribution in [0, 0.1) is 0 Å². The molecule has 1 aromatic rings. The molecule has 0 bridgehead atoms. The van der Waals surface area contributed by atoms with Crippen LogP contribution in [0.3, 0.4) is 0 Å². The molecule has 0 aromatic carbocycles. The second kappa shape index (κ2) is 11.0. The van der Waals surface area contributed by atoms with Crippen LogP contribution in [0.5, 0.6) is 0 Å². The molecule has 0 aliphatic carbocycles. The van der Waals surface area contributed by atoms with Crippen LogP contribution in [0.2, 0.25) is 0 Å². The fraction of sp³-hybridized carbons (Fsp3) is 0. The topological polar surface area (TPSA) is 87.5 Å². The number of carboxylic acid groups (broad SMARTS) is 2. The van der Waals surface area contributed by atoms with Gasteiger partial charge in [0, 0.05) is 0 Å². The van der Waals surface area contributed by atoms with Crippen molar-refractivity contribution >= 4 is 11.9 Å². The standard InChI is InChI=1S/C7H5NO4.3ClH.Fe/c9-6(10)4-2-1-3-5(8-4)7(11)12;;;;/h1-3H,(H,9,10)(H,11,12);3*1H;/q;;;;+3/p-3. The SMILES string of the molecule is O=C(O)c1cccc(C(=O)O)n1.[Cl-].[Cl-].[Cl-].[Fe+3]. The molecule has 0 spiro atoms. The van der Waals surface area contributed by atoms with Crippen molar-refractivity contribution in [3.05, 3.63) is 29.6 Å². The molecule has 0 saturated carbocycles. The van der Waals surface area contributed by atoms with Gasteiger partial charge >= 0.3 is 29.0 Å².